The molecule has 1 atom stereocenters. The summed E-state index contributed by atoms with van der Waals surface area (Å²) < 4.78 is 5.32. The molecule has 0 radical (unpaired) electrons. The number of fused-ring (bicyclic) bond motifs is 1. The number of hydrogen-bond donors (Lipinski definition) is 1. The Balaban J connectivity index is 1.99. The lowest BCUT2D eigenvalue weighted by atomic mass is 9.83. The van der Waals surface area contributed by atoms with E-state index in [4.69, 9.17) is 10.5 Å². The van der Waals surface area contributed by atoms with Crippen molar-refractivity contribution in [1.82, 2.24) is 0 Å². The number of aryl methyl sites for hydroxylation is 1. The lowest BCUT2D eigenvalue weighted by Gasteiger charge is -2.25. The molecule has 0 heterocycles. The molecule has 1 aromatic carbocycles. The molecular weight excluding hydrogens is 202 g/mol. The van der Waals surface area contributed by atoms with Gasteiger partial charge in [0, 0.05) is 5.92 Å². The van der Waals surface area contributed by atoms with Gasteiger partial charge in [0.05, 0.1) is 6.61 Å². The van der Waals surface area contributed by atoms with E-state index in [0.29, 0.717) is 12.5 Å². The molecule has 0 saturated heterocycles. The monoisotopic (exact) mass is 219 g/mol. The molecule has 86 valence electrons. The molecule has 1 aliphatic rings. The molecule has 1 amide bonds. The number of primary amides is 1. The van der Waals surface area contributed by atoms with Gasteiger partial charge in [-0.2, -0.15) is 0 Å². The number of nitrogens with two attached hydrogens (primary N) is 1. The second-order valence-electron chi connectivity index (χ2n) is 4.27. The van der Waals surface area contributed by atoms with Gasteiger partial charge in [-0.25, -0.2) is 0 Å². The van der Waals surface area contributed by atoms with E-state index in [1.165, 1.54) is 17.5 Å². The maximum atomic E-state index is 10.6. The van der Waals surface area contributed by atoms with Crippen LogP contribution in [0.3, 0.4) is 0 Å². The average Bonchev–Trinajstić information content (AvgIpc) is 2.29. The van der Waals surface area contributed by atoms with Gasteiger partial charge in [-0.05, 0) is 30.4 Å². The maximum absolute atomic E-state index is 10.6. The van der Waals surface area contributed by atoms with Crippen LogP contribution < -0.4 is 5.73 Å². The van der Waals surface area contributed by atoms with E-state index in [1.807, 2.05) is 0 Å². The van der Waals surface area contributed by atoms with Crippen molar-refractivity contribution in [2.45, 2.75) is 25.2 Å². The number of hydrogen-bond acceptors (Lipinski definition) is 2. The van der Waals surface area contributed by atoms with Crippen LogP contribution in [0.1, 0.15) is 29.9 Å². The minimum absolute atomic E-state index is 0.0265. The molecule has 3 nitrogen and oxygen atoms in total. The Bertz CT molecular complexity index is 376. The Morgan fingerprint density at radius 3 is 3.06 bits per heavy atom. The van der Waals surface area contributed by atoms with Crippen LogP contribution in [0.15, 0.2) is 24.3 Å². The third-order valence-corrected chi connectivity index (χ3v) is 3.06. The Morgan fingerprint density at radius 2 is 2.25 bits per heavy atom. The summed E-state index contributed by atoms with van der Waals surface area (Å²) >= 11 is 0. The zero-order valence-corrected chi connectivity index (χ0v) is 9.32. The van der Waals surface area contributed by atoms with Crippen molar-refractivity contribution in [2.24, 2.45) is 5.73 Å². The van der Waals surface area contributed by atoms with Gasteiger partial charge in [0.15, 0.2) is 0 Å². The highest BCUT2D eigenvalue weighted by atomic mass is 16.5. The van der Waals surface area contributed by atoms with Crippen LogP contribution in [0, 0.1) is 0 Å². The summed E-state index contributed by atoms with van der Waals surface area (Å²) in [7, 11) is 0. The molecule has 3 heteroatoms. The topological polar surface area (TPSA) is 52.3 Å². The fourth-order valence-electron chi connectivity index (χ4n) is 2.33. The van der Waals surface area contributed by atoms with Gasteiger partial charge >= 0.3 is 0 Å². The quantitative estimate of drug-likeness (QED) is 0.836. The second kappa shape index (κ2) is 5.12. The predicted octanol–water partition coefficient (Wildman–Crippen LogP) is 1.61. The molecule has 16 heavy (non-hydrogen) atoms. The Labute approximate surface area is 95.6 Å². The normalized spacial score (nSPS) is 19.1. The van der Waals surface area contributed by atoms with E-state index >= 15 is 0 Å². The van der Waals surface area contributed by atoms with Crippen LogP contribution >= 0.6 is 0 Å². The molecule has 0 bridgehead atoms. The maximum Gasteiger partial charge on any atom is 0.243 e. The van der Waals surface area contributed by atoms with Crippen molar-refractivity contribution in [3.8, 4) is 0 Å². The molecule has 0 saturated carbocycles. The predicted molar refractivity (Wildman–Crippen MR) is 62.1 cm³/mol. The summed E-state index contributed by atoms with van der Waals surface area (Å²) in [6.07, 6.45) is 3.49. The summed E-state index contributed by atoms with van der Waals surface area (Å²) in [5.41, 5.74) is 7.83. The number of ether oxygens (including phenoxy) is 1. The first-order valence-corrected chi connectivity index (χ1v) is 5.71. The van der Waals surface area contributed by atoms with Gasteiger partial charge in [-0.3, -0.25) is 4.79 Å². The molecule has 0 aromatic heterocycles. The smallest absolute Gasteiger partial charge is 0.243 e. The van der Waals surface area contributed by atoms with Gasteiger partial charge in [-0.15, -0.1) is 0 Å². The third kappa shape index (κ3) is 2.61. The SMILES string of the molecule is NC(=O)COC[C@@H]1CCCc2ccccc21. The standard InChI is InChI=1S/C13H17NO2/c14-13(15)9-16-8-11-6-3-5-10-4-1-2-7-12(10)11/h1-2,4,7,11H,3,5-6,8-9H2,(H2,14,15)/t11-/m0/s1. The van der Waals surface area contributed by atoms with Crippen LogP contribution in [0.5, 0.6) is 0 Å². The first-order chi connectivity index (χ1) is 7.77. The van der Waals surface area contributed by atoms with Gasteiger partial charge in [0.25, 0.3) is 0 Å². The number of rotatable bonds is 4. The van der Waals surface area contributed by atoms with E-state index < -0.39 is 5.91 Å². The van der Waals surface area contributed by atoms with Gasteiger partial charge < -0.3 is 10.5 Å². The number of carbonyl (C=O) groups is 1. The van der Waals surface area contributed by atoms with Crippen molar-refractivity contribution < 1.29 is 9.53 Å². The van der Waals surface area contributed by atoms with Crippen LogP contribution in [0.2, 0.25) is 0 Å². The Morgan fingerprint density at radius 1 is 1.44 bits per heavy atom. The molecule has 1 aliphatic carbocycles. The lowest BCUT2D eigenvalue weighted by molar-refractivity contribution is -0.122. The average molecular weight is 219 g/mol. The zero-order valence-electron chi connectivity index (χ0n) is 9.32. The highest BCUT2D eigenvalue weighted by Gasteiger charge is 2.19. The van der Waals surface area contributed by atoms with Crippen molar-refractivity contribution >= 4 is 5.91 Å². The van der Waals surface area contributed by atoms with E-state index in [0.717, 1.165) is 12.8 Å². The van der Waals surface area contributed by atoms with E-state index in [9.17, 15) is 4.79 Å². The molecule has 0 aliphatic heterocycles. The molecule has 0 unspecified atom stereocenters. The van der Waals surface area contributed by atoms with E-state index in [1.54, 1.807) is 0 Å². The molecule has 0 spiro atoms. The van der Waals surface area contributed by atoms with Crippen LogP contribution in [-0.4, -0.2) is 19.1 Å². The highest BCUT2D eigenvalue weighted by Crippen LogP contribution is 2.31. The summed E-state index contributed by atoms with van der Waals surface area (Å²) in [5, 5.41) is 0. The Hall–Kier alpha value is -1.35. The minimum atomic E-state index is -0.399. The Kier molecular flexibility index (Phi) is 3.57. The summed E-state index contributed by atoms with van der Waals surface area (Å²) in [6, 6.07) is 8.47. The summed E-state index contributed by atoms with van der Waals surface area (Å²) in [5.74, 6) is 0.0217. The minimum Gasteiger partial charge on any atom is -0.371 e. The molecule has 2 N–H and O–H groups in total. The van der Waals surface area contributed by atoms with Crippen molar-refractivity contribution in [2.75, 3.05) is 13.2 Å². The first kappa shape index (κ1) is 11.1. The van der Waals surface area contributed by atoms with E-state index in [2.05, 4.69) is 24.3 Å². The highest BCUT2D eigenvalue weighted by molar-refractivity contribution is 5.74. The summed E-state index contributed by atoms with van der Waals surface area (Å²) in [4.78, 5) is 10.6. The van der Waals surface area contributed by atoms with Gasteiger partial charge in [0.2, 0.25) is 5.91 Å². The fraction of sp³-hybridized carbons (Fsp3) is 0.462. The van der Waals surface area contributed by atoms with Gasteiger partial charge in [0.1, 0.15) is 6.61 Å². The number of benzene rings is 1. The van der Waals surface area contributed by atoms with E-state index in [-0.39, 0.29) is 6.61 Å². The molecule has 2 rings (SSSR count). The first-order valence-electron chi connectivity index (χ1n) is 5.71. The molecule has 0 fully saturated rings. The van der Waals surface area contributed by atoms with Crippen LogP contribution in [0.25, 0.3) is 0 Å². The van der Waals surface area contributed by atoms with Crippen LogP contribution in [0.4, 0.5) is 0 Å². The lowest BCUT2D eigenvalue weighted by Crippen LogP contribution is -2.21. The second-order valence-corrected chi connectivity index (χ2v) is 4.27. The summed E-state index contributed by atoms with van der Waals surface area (Å²) in [6.45, 7) is 0.624. The number of amides is 1. The van der Waals surface area contributed by atoms with Crippen molar-refractivity contribution in [3.63, 3.8) is 0 Å². The third-order valence-electron chi connectivity index (χ3n) is 3.06. The van der Waals surface area contributed by atoms with Gasteiger partial charge in [-0.1, -0.05) is 24.3 Å². The largest absolute Gasteiger partial charge is 0.371 e. The van der Waals surface area contributed by atoms with Crippen molar-refractivity contribution in [3.05, 3.63) is 35.4 Å². The van der Waals surface area contributed by atoms with Crippen molar-refractivity contribution in [1.29, 1.82) is 0 Å². The molecular formula is C13H17NO2. The van der Waals surface area contributed by atoms with Crippen LogP contribution in [-0.2, 0) is 16.0 Å². The number of carbonyl (C=O) groups excluding carboxylic acids is 1. The fourth-order valence-corrected chi connectivity index (χ4v) is 2.33. The zero-order chi connectivity index (χ0) is 11.4. The molecule has 1 aromatic rings.